The van der Waals surface area contributed by atoms with E-state index >= 15 is 0 Å². The van der Waals surface area contributed by atoms with Gasteiger partial charge < -0.3 is 9.30 Å². The second-order valence-electron chi connectivity index (χ2n) is 5.43. The molecule has 1 aromatic carbocycles. The minimum absolute atomic E-state index is 0.0712. The van der Waals surface area contributed by atoms with Crippen LogP contribution >= 0.6 is 0 Å². The van der Waals surface area contributed by atoms with Crippen molar-refractivity contribution >= 4 is 17.2 Å². The van der Waals surface area contributed by atoms with Crippen molar-refractivity contribution in [2.24, 2.45) is 0 Å². The highest BCUT2D eigenvalue weighted by Crippen LogP contribution is 2.21. The summed E-state index contributed by atoms with van der Waals surface area (Å²) in [5.74, 6) is -0.0712. The number of rotatable bonds is 3. The largest absolute Gasteiger partial charge is 0.307 e. The van der Waals surface area contributed by atoms with Crippen molar-refractivity contribution in [1.29, 1.82) is 0 Å². The van der Waals surface area contributed by atoms with E-state index in [0.717, 1.165) is 22.5 Å². The molecule has 3 rings (SSSR count). The molecular formula is C18H19N3O. The predicted molar refractivity (Wildman–Crippen MR) is 88.5 cm³/mol. The summed E-state index contributed by atoms with van der Waals surface area (Å²) in [4.78, 5) is 19.1. The summed E-state index contributed by atoms with van der Waals surface area (Å²) in [6.45, 7) is 6.61. The lowest BCUT2D eigenvalue weighted by Gasteiger charge is -2.21. The lowest BCUT2D eigenvalue weighted by molar-refractivity contribution is 0.0984. The molecule has 0 spiro atoms. The number of fused-ring (bicyclic) bond motifs is 1. The molecule has 0 atom stereocenters. The van der Waals surface area contributed by atoms with Crippen molar-refractivity contribution in [3.05, 3.63) is 65.6 Å². The van der Waals surface area contributed by atoms with E-state index < -0.39 is 0 Å². The number of para-hydroxylation sites is 1. The van der Waals surface area contributed by atoms with Crippen LogP contribution in [0.15, 0.2) is 48.8 Å². The van der Waals surface area contributed by atoms with E-state index in [2.05, 4.69) is 4.98 Å². The van der Waals surface area contributed by atoms with Gasteiger partial charge in [0, 0.05) is 24.6 Å². The molecule has 0 fully saturated rings. The van der Waals surface area contributed by atoms with E-state index in [1.807, 2.05) is 67.8 Å². The molecule has 0 unspecified atom stereocenters. The summed E-state index contributed by atoms with van der Waals surface area (Å²) >= 11 is 0. The fourth-order valence-corrected chi connectivity index (χ4v) is 2.61. The number of aryl methyl sites for hydroxylation is 2. The van der Waals surface area contributed by atoms with Gasteiger partial charge in [-0.25, -0.2) is 4.98 Å². The van der Waals surface area contributed by atoms with E-state index in [0.29, 0.717) is 12.2 Å². The maximum atomic E-state index is 12.8. The number of carbonyl (C=O) groups excluding carboxylic acids is 1. The van der Waals surface area contributed by atoms with Gasteiger partial charge in [0.1, 0.15) is 11.3 Å². The van der Waals surface area contributed by atoms with Crippen LogP contribution in [0.4, 0.5) is 5.69 Å². The number of aromatic nitrogens is 2. The van der Waals surface area contributed by atoms with E-state index in [1.165, 1.54) is 0 Å². The van der Waals surface area contributed by atoms with Crippen molar-refractivity contribution < 1.29 is 4.79 Å². The lowest BCUT2D eigenvalue weighted by Crippen LogP contribution is -2.31. The number of amides is 1. The highest BCUT2D eigenvalue weighted by molar-refractivity contribution is 6.05. The van der Waals surface area contributed by atoms with Gasteiger partial charge in [-0.05, 0) is 50.1 Å². The molecule has 2 aromatic heterocycles. The number of imidazole rings is 1. The Morgan fingerprint density at radius 3 is 2.73 bits per heavy atom. The average Bonchev–Trinajstić information content (AvgIpc) is 2.92. The number of hydrogen-bond acceptors (Lipinski definition) is 2. The zero-order valence-electron chi connectivity index (χ0n) is 13.1. The highest BCUT2D eigenvalue weighted by Gasteiger charge is 2.20. The molecule has 0 radical (unpaired) electrons. The molecule has 3 aromatic rings. The van der Waals surface area contributed by atoms with Gasteiger partial charge in [-0.3, -0.25) is 4.79 Å². The van der Waals surface area contributed by atoms with E-state index in [9.17, 15) is 4.79 Å². The minimum Gasteiger partial charge on any atom is -0.307 e. The number of nitrogens with zero attached hydrogens (tertiary/aromatic N) is 3. The number of benzene rings is 1. The van der Waals surface area contributed by atoms with Crippen molar-refractivity contribution in [2.75, 3.05) is 11.4 Å². The van der Waals surface area contributed by atoms with Crippen molar-refractivity contribution in [3.8, 4) is 0 Å². The molecule has 0 aliphatic carbocycles. The fraction of sp³-hybridized carbons (Fsp3) is 0.222. The molecule has 4 nitrogen and oxygen atoms in total. The number of carbonyl (C=O) groups is 1. The topological polar surface area (TPSA) is 37.6 Å². The Balaban J connectivity index is 2.01. The van der Waals surface area contributed by atoms with Crippen LogP contribution in [0, 0.1) is 13.8 Å². The summed E-state index contributed by atoms with van der Waals surface area (Å²) in [5.41, 5.74) is 4.41. The Bertz CT molecular complexity index is 835. The molecule has 0 saturated carbocycles. The molecule has 0 N–H and O–H groups in total. The zero-order chi connectivity index (χ0) is 15.7. The standard InChI is InChI=1S/C18H19N3O/c1-4-21(16-8-6-5-7-14(16)3)18(22)15-12-20-10-9-13(2)11-17(20)19-15/h5-12H,4H2,1-3H3. The van der Waals surface area contributed by atoms with Crippen LogP contribution in [0.5, 0.6) is 0 Å². The molecule has 22 heavy (non-hydrogen) atoms. The van der Waals surface area contributed by atoms with Crippen LogP contribution in [-0.4, -0.2) is 21.8 Å². The van der Waals surface area contributed by atoms with Crippen molar-refractivity contribution in [2.45, 2.75) is 20.8 Å². The smallest absolute Gasteiger partial charge is 0.278 e. The van der Waals surface area contributed by atoms with Crippen LogP contribution in [0.2, 0.25) is 0 Å². The second kappa shape index (κ2) is 5.64. The van der Waals surface area contributed by atoms with Gasteiger partial charge in [0.05, 0.1) is 0 Å². The molecule has 1 amide bonds. The monoisotopic (exact) mass is 293 g/mol. The van der Waals surface area contributed by atoms with Gasteiger partial charge in [0.15, 0.2) is 0 Å². The fourth-order valence-electron chi connectivity index (χ4n) is 2.61. The normalized spacial score (nSPS) is 10.9. The Labute approximate surface area is 130 Å². The van der Waals surface area contributed by atoms with Crippen LogP contribution in [-0.2, 0) is 0 Å². The quantitative estimate of drug-likeness (QED) is 0.739. The number of anilines is 1. The third kappa shape index (κ3) is 2.48. The molecule has 4 heteroatoms. The van der Waals surface area contributed by atoms with Crippen LogP contribution in [0.25, 0.3) is 5.65 Å². The number of hydrogen-bond donors (Lipinski definition) is 0. The Hall–Kier alpha value is -2.62. The summed E-state index contributed by atoms with van der Waals surface area (Å²) in [6, 6.07) is 11.9. The minimum atomic E-state index is -0.0712. The molecule has 0 aliphatic heterocycles. The van der Waals surface area contributed by atoms with Gasteiger partial charge in [-0.2, -0.15) is 0 Å². The van der Waals surface area contributed by atoms with Crippen LogP contribution in [0.1, 0.15) is 28.5 Å². The second-order valence-corrected chi connectivity index (χ2v) is 5.43. The highest BCUT2D eigenvalue weighted by atomic mass is 16.2. The van der Waals surface area contributed by atoms with Gasteiger partial charge in [0.25, 0.3) is 5.91 Å². The van der Waals surface area contributed by atoms with E-state index in [1.54, 1.807) is 11.1 Å². The predicted octanol–water partition coefficient (Wildman–Crippen LogP) is 3.62. The summed E-state index contributed by atoms with van der Waals surface area (Å²) in [5, 5.41) is 0. The Morgan fingerprint density at radius 1 is 1.23 bits per heavy atom. The van der Waals surface area contributed by atoms with Gasteiger partial charge in [-0.15, -0.1) is 0 Å². The zero-order valence-corrected chi connectivity index (χ0v) is 13.1. The maximum absolute atomic E-state index is 12.8. The van der Waals surface area contributed by atoms with Crippen molar-refractivity contribution in [1.82, 2.24) is 9.38 Å². The first kappa shape index (κ1) is 14.3. The molecular weight excluding hydrogens is 274 g/mol. The SMILES string of the molecule is CCN(C(=O)c1cn2ccc(C)cc2n1)c1ccccc1C. The maximum Gasteiger partial charge on any atom is 0.278 e. The average molecular weight is 293 g/mol. The molecule has 0 aliphatic rings. The number of pyridine rings is 1. The molecule has 112 valence electrons. The first-order valence-electron chi connectivity index (χ1n) is 7.43. The molecule has 2 heterocycles. The summed E-state index contributed by atoms with van der Waals surface area (Å²) < 4.78 is 1.88. The molecule has 0 saturated heterocycles. The Morgan fingerprint density at radius 2 is 2.00 bits per heavy atom. The third-order valence-electron chi connectivity index (χ3n) is 3.80. The van der Waals surface area contributed by atoms with E-state index in [4.69, 9.17) is 0 Å². The first-order valence-corrected chi connectivity index (χ1v) is 7.43. The first-order chi connectivity index (χ1) is 10.6. The van der Waals surface area contributed by atoms with E-state index in [-0.39, 0.29) is 5.91 Å². The van der Waals surface area contributed by atoms with Crippen molar-refractivity contribution in [3.63, 3.8) is 0 Å². The van der Waals surface area contributed by atoms with Crippen LogP contribution in [0.3, 0.4) is 0 Å². The van der Waals surface area contributed by atoms with Crippen LogP contribution < -0.4 is 4.90 Å². The third-order valence-corrected chi connectivity index (χ3v) is 3.80. The van der Waals surface area contributed by atoms with Gasteiger partial charge >= 0.3 is 0 Å². The van der Waals surface area contributed by atoms with Gasteiger partial charge in [0.2, 0.25) is 0 Å². The summed E-state index contributed by atoms with van der Waals surface area (Å²) in [6.07, 6.45) is 3.72. The summed E-state index contributed by atoms with van der Waals surface area (Å²) in [7, 11) is 0. The van der Waals surface area contributed by atoms with Gasteiger partial charge in [-0.1, -0.05) is 18.2 Å². The Kier molecular flexibility index (Phi) is 3.67. The molecule has 0 bridgehead atoms. The lowest BCUT2D eigenvalue weighted by atomic mass is 10.1.